The van der Waals surface area contributed by atoms with Gasteiger partial charge in [-0.1, -0.05) is 0 Å². The Balaban J connectivity index is 2.93. The van der Waals surface area contributed by atoms with Crippen molar-refractivity contribution in [2.45, 2.75) is 20.8 Å². The fraction of sp³-hybridized carbons (Fsp3) is 0.273. The van der Waals surface area contributed by atoms with E-state index in [0.29, 0.717) is 17.0 Å². The topological polar surface area (TPSA) is 34.4 Å². The first-order chi connectivity index (χ1) is 7.00. The van der Waals surface area contributed by atoms with E-state index >= 15 is 0 Å². The minimum Gasteiger partial charge on any atom is -0.294 e. The van der Waals surface area contributed by atoms with Crippen LogP contribution >= 0.6 is 0 Å². The number of nitrogens with zero attached hydrogens (tertiary/aromatic N) is 2. The van der Waals surface area contributed by atoms with E-state index in [4.69, 9.17) is 0 Å². The summed E-state index contributed by atoms with van der Waals surface area (Å²) in [6, 6.07) is 1.41. The molecule has 0 aliphatic heterocycles. The molecular weight excluding hydrogens is 195 g/mol. The van der Waals surface area contributed by atoms with Gasteiger partial charge < -0.3 is 0 Å². The van der Waals surface area contributed by atoms with Crippen LogP contribution in [-0.2, 0) is 0 Å². The van der Waals surface area contributed by atoms with Crippen LogP contribution in [0, 0.1) is 19.7 Å². The molecule has 0 radical (unpaired) electrons. The standard InChI is InChI=1S/C11H11FN2O/c1-6-4-9(12)5-14-10(8(3)15)7(2)13-11(6)14/h4-5H,1-3H3. The minimum atomic E-state index is -0.361. The van der Waals surface area contributed by atoms with Crippen LogP contribution in [0.4, 0.5) is 4.39 Å². The fourth-order valence-electron chi connectivity index (χ4n) is 1.81. The van der Waals surface area contributed by atoms with Gasteiger partial charge in [0.25, 0.3) is 0 Å². The zero-order valence-electron chi connectivity index (χ0n) is 8.84. The van der Waals surface area contributed by atoms with Gasteiger partial charge in [0.15, 0.2) is 5.78 Å². The van der Waals surface area contributed by atoms with Crippen LogP contribution < -0.4 is 0 Å². The Hall–Kier alpha value is -1.71. The van der Waals surface area contributed by atoms with E-state index < -0.39 is 0 Å². The number of imidazole rings is 1. The highest BCUT2D eigenvalue weighted by Crippen LogP contribution is 2.17. The van der Waals surface area contributed by atoms with Crippen molar-refractivity contribution in [1.29, 1.82) is 0 Å². The van der Waals surface area contributed by atoms with E-state index in [9.17, 15) is 9.18 Å². The molecule has 0 spiro atoms. The molecule has 0 fully saturated rings. The van der Waals surface area contributed by atoms with E-state index in [-0.39, 0.29) is 11.6 Å². The number of ketones is 1. The smallest absolute Gasteiger partial charge is 0.178 e. The molecule has 0 amide bonds. The number of rotatable bonds is 1. The summed E-state index contributed by atoms with van der Waals surface area (Å²) in [4.78, 5) is 15.6. The van der Waals surface area contributed by atoms with Crippen molar-refractivity contribution in [2.24, 2.45) is 0 Å². The molecule has 0 saturated carbocycles. The molecule has 0 unspecified atom stereocenters. The first kappa shape index (κ1) is 9.83. The van der Waals surface area contributed by atoms with Gasteiger partial charge in [-0.15, -0.1) is 0 Å². The predicted octanol–water partition coefficient (Wildman–Crippen LogP) is 2.29. The average molecular weight is 206 g/mol. The number of aromatic nitrogens is 2. The molecule has 0 aromatic carbocycles. The number of carbonyl (C=O) groups excluding carboxylic acids is 1. The molecule has 2 aromatic heterocycles. The third kappa shape index (κ3) is 1.42. The lowest BCUT2D eigenvalue weighted by Crippen LogP contribution is -2.01. The lowest BCUT2D eigenvalue weighted by Gasteiger charge is -2.00. The normalized spacial score (nSPS) is 10.9. The summed E-state index contributed by atoms with van der Waals surface area (Å²) in [7, 11) is 0. The van der Waals surface area contributed by atoms with Gasteiger partial charge in [0.1, 0.15) is 17.2 Å². The Labute approximate surface area is 86.6 Å². The molecule has 15 heavy (non-hydrogen) atoms. The third-order valence-electron chi connectivity index (χ3n) is 2.38. The van der Waals surface area contributed by atoms with Crippen molar-refractivity contribution >= 4 is 11.4 Å². The van der Waals surface area contributed by atoms with E-state index in [2.05, 4.69) is 4.98 Å². The second-order valence-electron chi connectivity index (χ2n) is 3.64. The molecule has 0 aliphatic rings. The number of fused-ring (bicyclic) bond motifs is 1. The van der Waals surface area contributed by atoms with Gasteiger partial charge in [0.05, 0.1) is 5.69 Å². The van der Waals surface area contributed by atoms with Crippen molar-refractivity contribution in [2.75, 3.05) is 0 Å². The highest BCUT2D eigenvalue weighted by atomic mass is 19.1. The Morgan fingerprint density at radius 3 is 2.73 bits per heavy atom. The number of halogens is 1. The summed E-state index contributed by atoms with van der Waals surface area (Å²) in [5.74, 6) is -0.468. The molecule has 4 heteroatoms. The number of aryl methyl sites for hydroxylation is 2. The minimum absolute atomic E-state index is 0.106. The van der Waals surface area contributed by atoms with Crippen molar-refractivity contribution in [3.8, 4) is 0 Å². The molecular formula is C11H11FN2O. The maximum Gasteiger partial charge on any atom is 0.178 e. The molecule has 2 rings (SSSR count). The summed E-state index contributed by atoms with van der Waals surface area (Å²) in [6.45, 7) is 4.98. The van der Waals surface area contributed by atoms with Crippen molar-refractivity contribution < 1.29 is 9.18 Å². The van der Waals surface area contributed by atoms with E-state index in [0.717, 1.165) is 5.56 Å². The van der Waals surface area contributed by atoms with E-state index in [1.165, 1.54) is 23.6 Å². The van der Waals surface area contributed by atoms with Crippen molar-refractivity contribution in [1.82, 2.24) is 9.38 Å². The maximum absolute atomic E-state index is 13.2. The van der Waals surface area contributed by atoms with Gasteiger partial charge in [-0.2, -0.15) is 0 Å². The largest absolute Gasteiger partial charge is 0.294 e. The van der Waals surface area contributed by atoms with Crippen molar-refractivity contribution in [3.63, 3.8) is 0 Å². The number of hydrogen-bond donors (Lipinski definition) is 0. The van der Waals surface area contributed by atoms with Gasteiger partial charge in [0, 0.05) is 13.1 Å². The molecule has 0 aliphatic carbocycles. The monoisotopic (exact) mass is 206 g/mol. The van der Waals surface area contributed by atoms with Crippen LogP contribution in [0.3, 0.4) is 0 Å². The Morgan fingerprint density at radius 2 is 2.13 bits per heavy atom. The lowest BCUT2D eigenvalue weighted by molar-refractivity contribution is 0.101. The SMILES string of the molecule is CC(=O)c1c(C)nc2c(C)cc(F)cn12. The molecule has 2 heterocycles. The highest BCUT2D eigenvalue weighted by Gasteiger charge is 2.14. The Morgan fingerprint density at radius 1 is 1.47 bits per heavy atom. The molecule has 0 bridgehead atoms. The lowest BCUT2D eigenvalue weighted by atomic mass is 10.2. The van der Waals surface area contributed by atoms with Gasteiger partial charge in [-0.3, -0.25) is 9.20 Å². The van der Waals surface area contributed by atoms with E-state index in [1.54, 1.807) is 13.8 Å². The Kier molecular flexibility index (Phi) is 2.07. The number of Topliss-reactive ketones (excluding diaryl/α,β-unsaturated/α-hetero) is 1. The van der Waals surface area contributed by atoms with Crippen LogP contribution in [0.5, 0.6) is 0 Å². The van der Waals surface area contributed by atoms with Gasteiger partial charge in [-0.25, -0.2) is 9.37 Å². The van der Waals surface area contributed by atoms with Crippen LogP contribution in [0.1, 0.15) is 28.7 Å². The number of pyridine rings is 1. The summed E-state index contributed by atoms with van der Waals surface area (Å²) in [5, 5.41) is 0. The van der Waals surface area contributed by atoms with Gasteiger partial charge in [0.2, 0.25) is 0 Å². The second kappa shape index (κ2) is 3.15. The van der Waals surface area contributed by atoms with Crippen LogP contribution in [0.25, 0.3) is 5.65 Å². The first-order valence-electron chi connectivity index (χ1n) is 4.66. The summed E-state index contributed by atoms with van der Waals surface area (Å²) < 4.78 is 14.7. The third-order valence-corrected chi connectivity index (χ3v) is 2.38. The quantitative estimate of drug-likeness (QED) is 0.671. The second-order valence-corrected chi connectivity index (χ2v) is 3.64. The summed E-state index contributed by atoms with van der Waals surface area (Å²) >= 11 is 0. The molecule has 0 saturated heterocycles. The van der Waals surface area contributed by atoms with Crippen LogP contribution in [0.15, 0.2) is 12.3 Å². The van der Waals surface area contributed by atoms with Crippen LogP contribution in [0.2, 0.25) is 0 Å². The zero-order chi connectivity index (χ0) is 11.2. The molecule has 0 atom stereocenters. The average Bonchev–Trinajstić information content (AvgIpc) is 2.41. The zero-order valence-corrected chi connectivity index (χ0v) is 8.84. The van der Waals surface area contributed by atoms with Crippen LogP contribution in [-0.4, -0.2) is 15.2 Å². The fourth-order valence-corrected chi connectivity index (χ4v) is 1.81. The molecule has 3 nitrogen and oxygen atoms in total. The highest BCUT2D eigenvalue weighted by molar-refractivity contribution is 5.94. The van der Waals surface area contributed by atoms with Crippen molar-refractivity contribution in [3.05, 3.63) is 35.0 Å². The molecule has 78 valence electrons. The Bertz CT molecular complexity index is 557. The molecule has 0 N–H and O–H groups in total. The van der Waals surface area contributed by atoms with Gasteiger partial charge >= 0.3 is 0 Å². The summed E-state index contributed by atoms with van der Waals surface area (Å²) in [5.41, 5.74) is 2.45. The number of carbonyl (C=O) groups is 1. The van der Waals surface area contributed by atoms with Gasteiger partial charge in [-0.05, 0) is 25.5 Å². The predicted molar refractivity (Wildman–Crippen MR) is 54.6 cm³/mol. The summed E-state index contributed by atoms with van der Waals surface area (Å²) in [6.07, 6.45) is 1.29. The maximum atomic E-state index is 13.2. The number of hydrogen-bond acceptors (Lipinski definition) is 2. The first-order valence-corrected chi connectivity index (χ1v) is 4.66. The van der Waals surface area contributed by atoms with E-state index in [1.807, 2.05) is 0 Å². The molecule has 2 aromatic rings.